The lowest BCUT2D eigenvalue weighted by atomic mass is 9.97. The van der Waals surface area contributed by atoms with E-state index in [0.29, 0.717) is 19.3 Å². The van der Waals surface area contributed by atoms with Crippen molar-refractivity contribution in [2.24, 2.45) is 23.1 Å². The summed E-state index contributed by atoms with van der Waals surface area (Å²) in [7, 11) is 0. The molecule has 25 heteroatoms. The van der Waals surface area contributed by atoms with Crippen molar-refractivity contribution < 1.29 is 68.1 Å². The minimum Gasteiger partial charge on any atom is -0.481 e. The number of aliphatic hydroxyl groups is 1. The SMILES string of the molecule is CC[C@H](C)[C@H](NC(=O)[C@@H]1CCCN1C(=O)[C@H](Cc1ccccc1)NC(=O)[C@H](C)N)C(=O)N[C@@H](C)C(=O)N[C@@H](CCC(N)=O)C(=O)N[C@@H](CCCCN)C(=O)N[C@@H](CO)C(=O)N[C@@H](CCC(=O)O)C(=O)O. The number of aliphatic carboxylic acids is 2. The molecule has 1 aromatic rings. The zero-order valence-electron chi connectivity index (χ0n) is 40.1. The number of carboxylic acids is 2. The highest BCUT2D eigenvalue weighted by Crippen LogP contribution is 2.21. The summed E-state index contributed by atoms with van der Waals surface area (Å²) < 4.78 is 0. The summed E-state index contributed by atoms with van der Waals surface area (Å²) in [5.74, 6) is -10.8. The lowest BCUT2D eigenvalue weighted by Crippen LogP contribution is -2.60. The molecule has 1 heterocycles. The van der Waals surface area contributed by atoms with Crippen LogP contribution < -0.4 is 54.4 Å². The average Bonchev–Trinajstić information content (AvgIpc) is 3.81. The number of carbonyl (C=O) groups is 11. The van der Waals surface area contributed by atoms with Crippen LogP contribution >= 0.6 is 0 Å². The number of amides is 9. The van der Waals surface area contributed by atoms with Crippen molar-refractivity contribution in [2.45, 2.75) is 153 Å². The van der Waals surface area contributed by atoms with E-state index in [1.807, 2.05) is 0 Å². The number of carbonyl (C=O) groups excluding carboxylic acids is 9. The van der Waals surface area contributed by atoms with E-state index in [1.54, 1.807) is 44.2 Å². The van der Waals surface area contributed by atoms with E-state index in [1.165, 1.54) is 18.7 Å². The van der Waals surface area contributed by atoms with Crippen LogP contribution in [0.5, 0.6) is 0 Å². The summed E-state index contributed by atoms with van der Waals surface area (Å²) in [5.41, 5.74) is 17.5. The molecule has 0 bridgehead atoms. The lowest BCUT2D eigenvalue weighted by molar-refractivity contribution is -0.144. The summed E-state index contributed by atoms with van der Waals surface area (Å²) in [6.45, 7) is 5.61. The molecule has 0 saturated carbocycles. The van der Waals surface area contributed by atoms with E-state index in [9.17, 15) is 63.0 Å². The first-order valence-electron chi connectivity index (χ1n) is 23.3. The number of nitrogens with two attached hydrogens (primary N) is 3. The molecule has 0 unspecified atom stereocenters. The van der Waals surface area contributed by atoms with E-state index in [-0.39, 0.29) is 45.2 Å². The number of likely N-dealkylation sites (tertiary alicyclic amines) is 1. The molecule has 25 nitrogen and oxygen atoms in total. The van der Waals surface area contributed by atoms with Gasteiger partial charge in [-0.2, -0.15) is 0 Å². The third kappa shape index (κ3) is 19.7. The highest BCUT2D eigenvalue weighted by molar-refractivity contribution is 5.98. The van der Waals surface area contributed by atoms with Gasteiger partial charge in [-0.3, -0.25) is 47.9 Å². The molecule has 0 spiro atoms. The number of benzene rings is 1. The molecule has 1 saturated heterocycles. The van der Waals surface area contributed by atoms with Crippen molar-refractivity contribution in [1.29, 1.82) is 0 Å². The maximum atomic E-state index is 14.0. The second kappa shape index (κ2) is 30.0. The number of nitrogens with one attached hydrogen (secondary N) is 7. The Morgan fingerprint density at radius 3 is 1.80 bits per heavy atom. The quantitative estimate of drug-likeness (QED) is 0.0319. The molecular weight excluding hydrogens is 919 g/mol. The second-order valence-corrected chi connectivity index (χ2v) is 17.3. The first-order chi connectivity index (χ1) is 33.0. The lowest BCUT2D eigenvalue weighted by Gasteiger charge is -2.31. The zero-order valence-corrected chi connectivity index (χ0v) is 40.1. The van der Waals surface area contributed by atoms with Crippen LogP contribution in [0.25, 0.3) is 0 Å². The molecule has 0 radical (unpaired) electrons. The van der Waals surface area contributed by atoms with Crippen LogP contribution in [-0.4, -0.2) is 159 Å². The average molecular weight is 990 g/mol. The minimum absolute atomic E-state index is 0.0816. The molecule has 0 aromatic heterocycles. The van der Waals surface area contributed by atoms with Crippen LogP contribution in [0.15, 0.2) is 30.3 Å². The van der Waals surface area contributed by atoms with E-state index >= 15 is 0 Å². The van der Waals surface area contributed by atoms with Gasteiger partial charge >= 0.3 is 11.9 Å². The number of nitrogens with zero attached hydrogens (tertiary/aromatic N) is 1. The van der Waals surface area contributed by atoms with Gasteiger partial charge in [-0.15, -0.1) is 0 Å². The fraction of sp³-hybridized carbons (Fsp3) is 0.622. The summed E-state index contributed by atoms with van der Waals surface area (Å²) >= 11 is 0. The van der Waals surface area contributed by atoms with Crippen molar-refractivity contribution in [2.75, 3.05) is 19.7 Å². The Kier molecular flexibility index (Phi) is 25.5. The fourth-order valence-electron chi connectivity index (χ4n) is 7.33. The molecule has 1 fully saturated rings. The molecule has 390 valence electrons. The molecule has 1 aromatic carbocycles. The van der Waals surface area contributed by atoms with Crippen LogP contribution in [0.3, 0.4) is 0 Å². The Morgan fingerprint density at radius 1 is 0.686 bits per heavy atom. The van der Waals surface area contributed by atoms with Crippen LogP contribution in [0.4, 0.5) is 0 Å². The summed E-state index contributed by atoms with van der Waals surface area (Å²) in [5, 5.41) is 45.5. The smallest absolute Gasteiger partial charge is 0.326 e. The second-order valence-electron chi connectivity index (χ2n) is 17.3. The molecule has 10 atom stereocenters. The van der Waals surface area contributed by atoms with Crippen molar-refractivity contribution >= 4 is 65.1 Å². The molecule has 16 N–H and O–H groups in total. The predicted octanol–water partition coefficient (Wildman–Crippen LogP) is -3.64. The predicted molar refractivity (Wildman–Crippen MR) is 250 cm³/mol. The molecule has 1 aliphatic heterocycles. The number of carboxylic acid groups (broad SMARTS) is 2. The van der Waals surface area contributed by atoms with Gasteiger partial charge in [0.25, 0.3) is 0 Å². The fourth-order valence-corrected chi connectivity index (χ4v) is 7.33. The van der Waals surface area contributed by atoms with E-state index < -0.39 is 151 Å². The van der Waals surface area contributed by atoms with E-state index in [0.717, 1.165) is 5.56 Å². The highest BCUT2D eigenvalue weighted by atomic mass is 16.4. The van der Waals surface area contributed by atoms with Gasteiger partial charge in [0.2, 0.25) is 53.2 Å². The van der Waals surface area contributed by atoms with Crippen LogP contribution in [-0.2, 0) is 59.2 Å². The minimum atomic E-state index is -1.75. The monoisotopic (exact) mass is 990 g/mol. The maximum Gasteiger partial charge on any atom is 0.326 e. The summed E-state index contributed by atoms with van der Waals surface area (Å²) in [6.07, 6.45) is -0.123. The molecule has 9 amide bonds. The van der Waals surface area contributed by atoms with Crippen LogP contribution in [0, 0.1) is 5.92 Å². The zero-order chi connectivity index (χ0) is 52.7. The van der Waals surface area contributed by atoms with Gasteiger partial charge in [0.1, 0.15) is 48.3 Å². The van der Waals surface area contributed by atoms with Gasteiger partial charge in [-0.25, -0.2) is 4.79 Å². The Bertz CT molecular complexity index is 1990. The summed E-state index contributed by atoms with van der Waals surface area (Å²) in [6, 6.07) is -2.99. The molecule has 70 heavy (non-hydrogen) atoms. The number of unbranched alkanes of at least 4 members (excludes halogenated alkanes) is 1. The van der Waals surface area contributed by atoms with Gasteiger partial charge in [-0.1, -0.05) is 50.6 Å². The molecular formula is C45H71N11O14. The molecule has 2 rings (SSSR count). The number of aliphatic hydroxyl groups excluding tert-OH is 1. The number of hydrogen-bond acceptors (Lipinski definition) is 14. The topological polar surface area (TPSA) is 414 Å². The standard InChI is InChI=1S/C45H71N11O14/c1-5-24(2)36(55-42(66)33-15-11-21-56(33)44(68)31(53-37(61)25(3)47)22-27-12-7-6-8-13-27)43(67)49-26(4)38(62)50-29(16-18-34(48)58)40(64)51-28(14-9-10-20-46)39(63)54-32(23-57)41(65)52-30(45(69)70)17-19-35(59)60/h6-8,12-13,24-26,28-33,36,57H,5,9-11,14-23,46-47H2,1-4H3,(H2,48,58)(H,49,67)(H,50,62)(H,51,64)(H,52,65)(H,53,61)(H,54,63)(H,55,66)(H,59,60)(H,69,70)/t24-,25-,26-,28-,29-,30-,31-,32-,33-,36-/m0/s1. The van der Waals surface area contributed by atoms with Crippen molar-refractivity contribution in [1.82, 2.24) is 42.1 Å². The van der Waals surface area contributed by atoms with Crippen molar-refractivity contribution in [3.63, 3.8) is 0 Å². The summed E-state index contributed by atoms with van der Waals surface area (Å²) in [4.78, 5) is 144. The highest BCUT2D eigenvalue weighted by Gasteiger charge is 2.40. The first-order valence-corrected chi connectivity index (χ1v) is 23.3. The Morgan fingerprint density at radius 2 is 1.24 bits per heavy atom. The third-order valence-electron chi connectivity index (χ3n) is 11.7. The number of rotatable bonds is 31. The van der Waals surface area contributed by atoms with E-state index in [2.05, 4.69) is 37.2 Å². The van der Waals surface area contributed by atoms with Crippen molar-refractivity contribution in [3.8, 4) is 0 Å². The normalized spacial score (nSPS) is 17.1. The first kappa shape index (κ1) is 59.4. The van der Waals surface area contributed by atoms with Gasteiger partial charge in [0.15, 0.2) is 0 Å². The Balaban J connectivity index is 2.25. The van der Waals surface area contributed by atoms with Gasteiger partial charge in [-0.05, 0) is 76.8 Å². The Hall–Kier alpha value is -6.73. The van der Waals surface area contributed by atoms with Gasteiger partial charge in [0.05, 0.1) is 12.6 Å². The van der Waals surface area contributed by atoms with Crippen molar-refractivity contribution in [3.05, 3.63) is 35.9 Å². The number of primary amides is 1. The molecule has 1 aliphatic rings. The van der Waals surface area contributed by atoms with Crippen LogP contribution in [0.2, 0.25) is 0 Å². The molecule has 0 aliphatic carbocycles. The maximum absolute atomic E-state index is 14.0. The van der Waals surface area contributed by atoms with Crippen LogP contribution in [0.1, 0.15) is 97.5 Å². The van der Waals surface area contributed by atoms with E-state index in [4.69, 9.17) is 22.3 Å². The number of hydrogen-bond donors (Lipinski definition) is 13. The third-order valence-corrected chi connectivity index (χ3v) is 11.7. The Labute approximate surface area is 405 Å². The largest absolute Gasteiger partial charge is 0.481 e. The van der Waals surface area contributed by atoms with Gasteiger partial charge in [0, 0.05) is 25.8 Å². The van der Waals surface area contributed by atoms with Gasteiger partial charge < -0.3 is 74.6 Å².